The number of rotatable bonds is 5. The summed E-state index contributed by atoms with van der Waals surface area (Å²) in [6.45, 7) is 1.47. The van der Waals surface area contributed by atoms with Crippen molar-refractivity contribution >= 4 is 42.6 Å². The molecule has 0 aliphatic carbocycles. The van der Waals surface area contributed by atoms with Crippen LogP contribution < -0.4 is 5.32 Å². The lowest BCUT2D eigenvalue weighted by Crippen LogP contribution is -2.40. The highest BCUT2D eigenvalue weighted by Crippen LogP contribution is 2.30. The molecule has 33 heavy (non-hydrogen) atoms. The van der Waals surface area contributed by atoms with Crippen LogP contribution in [0, 0.1) is 0 Å². The van der Waals surface area contributed by atoms with E-state index in [-0.39, 0.29) is 10.8 Å². The zero-order chi connectivity index (χ0) is 22.8. The Hall–Kier alpha value is -3.11. The molecule has 168 valence electrons. The van der Waals surface area contributed by atoms with Gasteiger partial charge in [0.05, 0.1) is 28.3 Å². The van der Waals surface area contributed by atoms with Crippen molar-refractivity contribution in [2.75, 3.05) is 31.6 Å². The summed E-state index contributed by atoms with van der Waals surface area (Å²) in [5.74, 6) is -0.269. The minimum absolute atomic E-state index is 0.218. The maximum atomic E-state index is 12.9. The fourth-order valence-electron chi connectivity index (χ4n) is 3.67. The fourth-order valence-corrected chi connectivity index (χ4v) is 6.08. The van der Waals surface area contributed by atoms with E-state index in [9.17, 15) is 13.2 Å². The summed E-state index contributed by atoms with van der Waals surface area (Å²) in [5.41, 5.74) is 3.26. The van der Waals surface area contributed by atoms with Crippen molar-refractivity contribution < 1.29 is 17.9 Å². The van der Waals surface area contributed by atoms with Crippen LogP contribution in [0.4, 0.5) is 5.13 Å². The first kappa shape index (κ1) is 21.7. The van der Waals surface area contributed by atoms with Crippen LogP contribution in [0.2, 0.25) is 0 Å². The molecule has 0 atom stereocenters. The van der Waals surface area contributed by atoms with Crippen molar-refractivity contribution in [2.45, 2.75) is 4.90 Å². The first-order chi connectivity index (χ1) is 16.0. The van der Waals surface area contributed by atoms with E-state index < -0.39 is 10.0 Å². The number of benzene rings is 3. The van der Waals surface area contributed by atoms with E-state index in [1.54, 1.807) is 30.3 Å². The quantitative estimate of drug-likeness (QED) is 0.463. The number of thiazole rings is 1. The monoisotopic (exact) mass is 479 g/mol. The molecule has 1 amide bonds. The first-order valence-corrected chi connectivity index (χ1v) is 12.7. The lowest BCUT2D eigenvalue weighted by atomic mass is 10.0. The number of hydrogen-bond acceptors (Lipinski definition) is 6. The third kappa shape index (κ3) is 4.53. The first-order valence-electron chi connectivity index (χ1n) is 10.5. The van der Waals surface area contributed by atoms with E-state index in [4.69, 9.17) is 4.74 Å². The van der Waals surface area contributed by atoms with Crippen molar-refractivity contribution in [1.82, 2.24) is 9.29 Å². The topological polar surface area (TPSA) is 88.6 Å². The molecule has 0 unspecified atom stereocenters. The Labute approximate surface area is 195 Å². The zero-order valence-corrected chi connectivity index (χ0v) is 19.2. The van der Waals surface area contributed by atoms with Gasteiger partial charge in [-0.05, 0) is 41.5 Å². The number of morpholine rings is 1. The van der Waals surface area contributed by atoms with Gasteiger partial charge < -0.3 is 4.74 Å². The highest BCUT2D eigenvalue weighted by Gasteiger charge is 2.26. The Bertz CT molecular complexity index is 1390. The average molecular weight is 480 g/mol. The van der Waals surface area contributed by atoms with Crippen LogP contribution in [-0.2, 0) is 14.8 Å². The van der Waals surface area contributed by atoms with Crippen LogP contribution in [0.3, 0.4) is 0 Å². The van der Waals surface area contributed by atoms with Crippen LogP contribution in [0.25, 0.3) is 21.3 Å². The predicted molar refractivity (Wildman–Crippen MR) is 129 cm³/mol. The predicted octanol–water partition coefficient (Wildman–Crippen LogP) is 4.24. The molecule has 3 aromatic carbocycles. The number of carbonyl (C=O) groups is 1. The molecule has 7 nitrogen and oxygen atoms in total. The van der Waals surface area contributed by atoms with Crippen molar-refractivity contribution in [2.24, 2.45) is 0 Å². The summed E-state index contributed by atoms with van der Waals surface area (Å²) < 4.78 is 33.2. The number of nitrogens with one attached hydrogen (secondary N) is 1. The summed E-state index contributed by atoms with van der Waals surface area (Å²) >= 11 is 1.25. The van der Waals surface area contributed by atoms with Gasteiger partial charge in [-0.15, -0.1) is 0 Å². The summed E-state index contributed by atoms with van der Waals surface area (Å²) in [4.78, 5) is 17.4. The van der Waals surface area contributed by atoms with Gasteiger partial charge in [-0.3, -0.25) is 10.1 Å². The number of nitrogens with zero attached hydrogens (tertiary/aromatic N) is 2. The second-order valence-electron chi connectivity index (χ2n) is 7.56. The van der Waals surface area contributed by atoms with Gasteiger partial charge in [0.25, 0.3) is 5.91 Å². The second-order valence-corrected chi connectivity index (χ2v) is 10.5. The molecule has 1 aliphatic heterocycles. The number of hydrogen-bond donors (Lipinski definition) is 1. The van der Waals surface area contributed by atoms with Gasteiger partial charge in [0.15, 0.2) is 5.13 Å². The number of amides is 1. The zero-order valence-electron chi connectivity index (χ0n) is 17.6. The van der Waals surface area contributed by atoms with E-state index in [1.807, 2.05) is 42.5 Å². The Morgan fingerprint density at radius 1 is 0.939 bits per heavy atom. The average Bonchev–Trinajstić information content (AvgIpc) is 3.26. The van der Waals surface area contributed by atoms with Crippen molar-refractivity contribution in [3.05, 3.63) is 78.4 Å². The van der Waals surface area contributed by atoms with E-state index >= 15 is 0 Å². The molecule has 0 radical (unpaired) electrons. The van der Waals surface area contributed by atoms with Crippen LogP contribution in [-0.4, -0.2) is 49.9 Å². The molecular formula is C24H21N3O4S2. The summed E-state index contributed by atoms with van der Waals surface area (Å²) in [5, 5.41) is 3.24. The number of aromatic nitrogens is 1. The minimum Gasteiger partial charge on any atom is -0.379 e. The van der Waals surface area contributed by atoms with Crippen LogP contribution in [0.1, 0.15) is 10.4 Å². The highest BCUT2D eigenvalue weighted by molar-refractivity contribution is 7.89. The van der Waals surface area contributed by atoms with Gasteiger partial charge in [-0.25, -0.2) is 13.4 Å². The van der Waals surface area contributed by atoms with Gasteiger partial charge >= 0.3 is 0 Å². The van der Waals surface area contributed by atoms with E-state index in [1.165, 1.54) is 15.6 Å². The number of fused-ring (bicyclic) bond motifs is 1. The normalized spacial score (nSPS) is 14.9. The van der Waals surface area contributed by atoms with E-state index in [2.05, 4.69) is 10.3 Å². The molecule has 4 aromatic rings. The molecule has 0 spiro atoms. The van der Waals surface area contributed by atoms with Gasteiger partial charge in [-0.1, -0.05) is 53.8 Å². The van der Waals surface area contributed by atoms with Gasteiger partial charge in [-0.2, -0.15) is 4.31 Å². The molecule has 0 bridgehead atoms. The molecule has 2 heterocycles. The summed E-state index contributed by atoms with van der Waals surface area (Å²) in [7, 11) is -3.59. The number of carbonyl (C=O) groups excluding carboxylic acids is 1. The lowest BCUT2D eigenvalue weighted by Gasteiger charge is -2.25. The van der Waals surface area contributed by atoms with Gasteiger partial charge in [0.2, 0.25) is 10.0 Å². The van der Waals surface area contributed by atoms with Crippen molar-refractivity contribution in [3.8, 4) is 11.1 Å². The summed E-state index contributed by atoms with van der Waals surface area (Å²) in [6, 6.07) is 22.2. The maximum absolute atomic E-state index is 12.9. The molecule has 9 heteroatoms. The molecule has 1 aromatic heterocycles. The molecule has 5 rings (SSSR count). The van der Waals surface area contributed by atoms with Crippen molar-refractivity contribution in [3.63, 3.8) is 0 Å². The Morgan fingerprint density at radius 3 is 2.36 bits per heavy atom. The third-order valence-corrected chi connectivity index (χ3v) is 8.27. The molecule has 1 saturated heterocycles. The highest BCUT2D eigenvalue weighted by atomic mass is 32.2. The molecule has 1 fully saturated rings. The van der Waals surface area contributed by atoms with Gasteiger partial charge in [0.1, 0.15) is 0 Å². The fraction of sp³-hybridized carbons (Fsp3) is 0.167. The molecule has 1 N–H and O–H groups in total. The second kappa shape index (κ2) is 9.03. The SMILES string of the molecule is O=C(Nc1nc2ccc(S(=O)(=O)N3CCOCC3)cc2s1)c1ccc(-c2ccccc2)cc1. The summed E-state index contributed by atoms with van der Waals surface area (Å²) in [6.07, 6.45) is 0. The van der Waals surface area contributed by atoms with E-state index in [0.29, 0.717) is 47.2 Å². The van der Waals surface area contributed by atoms with Crippen LogP contribution >= 0.6 is 11.3 Å². The number of ether oxygens (including phenoxy) is 1. The van der Waals surface area contributed by atoms with E-state index in [0.717, 1.165) is 11.1 Å². The Kier molecular flexibility index (Phi) is 5.94. The lowest BCUT2D eigenvalue weighted by molar-refractivity contribution is 0.0730. The number of anilines is 1. The molecule has 0 saturated carbocycles. The maximum Gasteiger partial charge on any atom is 0.257 e. The Balaban J connectivity index is 1.33. The third-order valence-electron chi connectivity index (χ3n) is 5.44. The van der Waals surface area contributed by atoms with Gasteiger partial charge in [0, 0.05) is 18.7 Å². The standard InChI is InChI=1S/C24H21N3O4S2/c28-23(19-8-6-18(7-9-19)17-4-2-1-3-5-17)26-24-25-21-11-10-20(16-22(21)32-24)33(29,30)27-12-14-31-15-13-27/h1-11,16H,12-15H2,(H,25,26,28). The van der Waals surface area contributed by atoms with Crippen molar-refractivity contribution in [1.29, 1.82) is 0 Å². The molecule has 1 aliphatic rings. The van der Waals surface area contributed by atoms with Crippen LogP contribution in [0.5, 0.6) is 0 Å². The number of sulfonamides is 1. The smallest absolute Gasteiger partial charge is 0.257 e. The Morgan fingerprint density at radius 2 is 1.64 bits per heavy atom. The minimum atomic E-state index is -3.59. The molecular weight excluding hydrogens is 458 g/mol. The largest absolute Gasteiger partial charge is 0.379 e. The van der Waals surface area contributed by atoms with Crippen LogP contribution in [0.15, 0.2) is 77.7 Å².